The molecule has 0 saturated heterocycles. The number of amides is 2. The van der Waals surface area contributed by atoms with Crippen molar-refractivity contribution in [3.8, 4) is 16.8 Å². The van der Waals surface area contributed by atoms with Gasteiger partial charge in [0.15, 0.2) is 0 Å². The van der Waals surface area contributed by atoms with E-state index in [0.717, 1.165) is 33.5 Å². The zero-order valence-corrected chi connectivity index (χ0v) is 22.2. The lowest BCUT2D eigenvalue weighted by Crippen LogP contribution is -2.33. The topological polar surface area (TPSA) is 122 Å². The Bertz CT molecular complexity index is 1820. The third-order valence-electron chi connectivity index (χ3n) is 5.74. The molecule has 0 aliphatic rings. The van der Waals surface area contributed by atoms with Crippen LogP contribution in [0.5, 0.6) is 0 Å². The maximum absolute atomic E-state index is 13.4. The summed E-state index contributed by atoms with van der Waals surface area (Å²) in [5.41, 5.74) is 3.32. The minimum atomic E-state index is -4.05. The summed E-state index contributed by atoms with van der Waals surface area (Å²) in [6.07, 6.45) is 5.15. The second-order valence-electron chi connectivity index (χ2n) is 8.13. The van der Waals surface area contributed by atoms with Gasteiger partial charge in [0.05, 0.1) is 4.34 Å². The molecule has 5 rings (SSSR count). The van der Waals surface area contributed by atoms with E-state index in [2.05, 4.69) is 15.6 Å². The number of fused-ring (bicyclic) bond motifs is 1. The van der Waals surface area contributed by atoms with Gasteiger partial charge in [0.2, 0.25) is 0 Å². The third-order valence-corrected chi connectivity index (χ3v) is 8.79. The number of benzene rings is 2. The molecule has 0 unspecified atom stereocenters. The van der Waals surface area contributed by atoms with Crippen LogP contribution in [-0.2, 0) is 10.0 Å². The molecule has 2 amide bonds. The highest BCUT2D eigenvalue weighted by molar-refractivity contribution is 7.92. The van der Waals surface area contributed by atoms with Gasteiger partial charge in [0.25, 0.3) is 15.6 Å². The van der Waals surface area contributed by atoms with Crippen LogP contribution in [0.2, 0.25) is 4.34 Å². The van der Waals surface area contributed by atoms with Gasteiger partial charge >= 0.3 is 6.03 Å². The third kappa shape index (κ3) is 5.12. The summed E-state index contributed by atoms with van der Waals surface area (Å²) >= 11 is 6.64. The van der Waals surface area contributed by atoms with Crippen molar-refractivity contribution >= 4 is 61.1 Å². The van der Waals surface area contributed by atoms with Gasteiger partial charge in [-0.2, -0.15) is 0 Å². The number of halogens is 1. The van der Waals surface area contributed by atoms with Crippen LogP contribution in [0, 0.1) is 0 Å². The molecular formula is C26H20ClN5O4S2. The van der Waals surface area contributed by atoms with E-state index in [1.54, 1.807) is 48.9 Å². The first-order chi connectivity index (χ1) is 18.2. The zero-order valence-electron chi connectivity index (χ0n) is 19.8. The van der Waals surface area contributed by atoms with Crippen molar-refractivity contribution < 1.29 is 13.2 Å². The van der Waals surface area contributed by atoms with Crippen molar-refractivity contribution in [2.45, 2.75) is 4.21 Å². The summed E-state index contributed by atoms with van der Waals surface area (Å²) < 4.78 is 28.4. The monoisotopic (exact) mass is 565 g/mol. The Morgan fingerprint density at radius 3 is 2.32 bits per heavy atom. The van der Waals surface area contributed by atoms with Crippen molar-refractivity contribution in [3.63, 3.8) is 0 Å². The largest absolute Gasteiger partial charge is 0.388 e. The highest BCUT2D eigenvalue weighted by Crippen LogP contribution is 2.30. The normalized spacial score (nSPS) is 11.3. The number of nitrogens with zero attached hydrogens (tertiary/aromatic N) is 2. The lowest BCUT2D eigenvalue weighted by Gasteiger charge is -2.14. The number of anilines is 2. The summed E-state index contributed by atoms with van der Waals surface area (Å²) in [5.74, 6) is 0. The van der Waals surface area contributed by atoms with E-state index in [1.165, 1.54) is 16.7 Å². The van der Waals surface area contributed by atoms with Crippen LogP contribution in [0.25, 0.3) is 27.6 Å². The average molecular weight is 566 g/mol. The summed E-state index contributed by atoms with van der Waals surface area (Å²) in [7, 11) is -2.24. The van der Waals surface area contributed by atoms with Crippen molar-refractivity contribution in [2.24, 2.45) is 0 Å². The molecule has 3 heterocycles. The van der Waals surface area contributed by atoms with E-state index >= 15 is 0 Å². The fraction of sp³-hybridized carbons (Fsp3) is 0.0385. The number of carbonyl (C=O) groups is 1. The molecule has 3 N–H and O–H groups in total. The van der Waals surface area contributed by atoms with Gasteiger partial charge in [0, 0.05) is 53.7 Å². The van der Waals surface area contributed by atoms with Crippen molar-refractivity contribution in [2.75, 3.05) is 17.7 Å². The Morgan fingerprint density at radius 1 is 0.947 bits per heavy atom. The molecule has 0 aliphatic carbocycles. The van der Waals surface area contributed by atoms with E-state index in [4.69, 9.17) is 11.6 Å². The number of hydrogen-bond donors (Lipinski definition) is 3. The molecule has 38 heavy (non-hydrogen) atoms. The van der Waals surface area contributed by atoms with Crippen LogP contribution in [0.4, 0.5) is 16.2 Å². The number of hydrogen-bond acceptors (Lipinski definition) is 7. The van der Waals surface area contributed by atoms with Crippen molar-refractivity contribution in [1.29, 1.82) is 0 Å². The Hall–Kier alpha value is -4.19. The van der Waals surface area contributed by atoms with Gasteiger partial charge in [-0.3, -0.25) is 14.3 Å². The fourth-order valence-corrected chi connectivity index (χ4v) is 6.32. The highest BCUT2D eigenvalue weighted by atomic mass is 35.5. The van der Waals surface area contributed by atoms with Gasteiger partial charge < -0.3 is 10.6 Å². The lowest BCUT2D eigenvalue weighted by atomic mass is 10.0. The number of rotatable bonds is 6. The summed E-state index contributed by atoms with van der Waals surface area (Å²) in [5, 5.41) is 6.93. The molecular weight excluding hydrogens is 546 g/mol. The number of pyridine rings is 2. The second kappa shape index (κ2) is 10.3. The quantitative estimate of drug-likeness (QED) is 0.256. The van der Waals surface area contributed by atoms with E-state index < -0.39 is 16.1 Å². The molecule has 3 aromatic heterocycles. The maximum atomic E-state index is 13.4. The smallest absolute Gasteiger partial charge is 0.333 e. The number of nitrogens with one attached hydrogen (secondary N) is 3. The van der Waals surface area contributed by atoms with Crippen LogP contribution in [0.1, 0.15) is 0 Å². The number of thiophene rings is 1. The number of urea groups is 1. The van der Waals surface area contributed by atoms with Crippen LogP contribution in [-0.4, -0.2) is 31.0 Å². The molecule has 12 heteroatoms. The predicted molar refractivity (Wildman–Crippen MR) is 151 cm³/mol. The number of sulfonamides is 1. The molecule has 0 bridgehead atoms. The molecule has 0 spiro atoms. The van der Waals surface area contributed by atoms with Gasteiger partial charge in [-0.05, 0) is 77.7 Å². The first-order valence-electron chi connectivity index (χ1n) is 11.2. The van der Waals surface area contributed by atoms with Gasteiger partial charge in [-0.1, -0.05) is 11.6 Å². The lowest BCUT2D eigenvalue weighted by molar-refractivity contribution is 0.256. The first kappa shape index (κ1) is 25.5. The minimum Gasteiger partial charge on any atom is -0.388 e. The maximum Gasteiger partial charge on any atom is 0.333 e. The minimum absolute atomic E-state index is 0.0736. The predicted octanol–water partition coefficient (Wildman–Crippen LogP) is 5.32. The molecule has 2 aromatic carbocycles. The van der Waals surface area contributed by atoms with Gasteiger partial charge in [0.1, 0.15) is 4.21 Å². The number of aromatic nitrogens is 2. The Morgan fingerprint density at radius 2 is 1.66 bits per heavy atom. The molecule has 9 nitrogen and oxygen atoms in total. The molecule has 0 radical (unpaired) electrons. The molecule has 0 saturated carbocycles. The van der Waals surface area contributed by atoms with E-state index in [0.29, 0.717) is 21.1 Å². The Labute approximate surface area is 226 Å². The standard InChI is InChI=1S/C26H20ClN5O4S2/c1-28-18-4-7-20-21(14-18)22(16-10-12-29-13-11-16)15-32(25(20)33)19-5-2-17(3-6-19)30-26(34)31-38(35,36)24-9-8-23(27)37-24/h2-15,28H,1H3,(H2,30,31,34). The summed E-state index contributed by atoms with van der Waals surface area (Å²) in [4.78, 5) is 29.9. The van der Waals surface area contributed by atoms with E-state index in [9.17, 15) is 18.0 Å². The second-order valence-corrected chi connectivity index (χ2v) is 11.8. The summed E-state index contributed by atoms with van der Waals surface area (Å²) in [6.45, 7) is 0. The Kier molecular flexibility index (Phi) is 6.89. The van der Waals surface area contributed by atoms with Crippen LogP contribution in [0.3, 0.4) is 0 Å². The number of carbonyl (C=O) groups excluding carboxylic acids is 1. The summed E-state index contributed by atoms with van der Waals surface area (Å²) in [6, 6.07) is 17.6. The van der Waals surface area contributed by atoms with Gasteiger partial charge in [-0.25, -0.2) is 17.9 Å². The Balaban J connectivity index is 1.46. The molecule has 0 atom stereocenters. The van der Waals surface area contributed by atoms with Crippen LogP contribution in [0.15, 0.2) is 94.3 Å². The van der Waals surface area contributed by atoms with E-state index in [-0.39, 0.29) is 9.77 Å². The van der Waals surface area contributed by atoms with Crippen LogP contribution >= 0.6 is 22.9 Å². The van der Waals surface area contributed by atoms with E-state index in [1.807, 2.05) is 36.0 Å². The average Bonchev–Trinajstić information content (AvgIpc) is 3.37. The molecule has 192 valence electrons. The molecule has 5 aromatic rings. The SMILES string of the molecule is CNc1ccc2c(=O)n(-c3ccc(NC(=O)NS(=O)(=O)c4ccc(Cl)s4)cc3)cc(-c3ccncc3)c2c1. The first-order valence-corrected chi connectivity index (χ1v) is 13.9. The van der Waals surface area contributed by atoms with Crippen molar-refractivity contribution in [1.82, 2.24) is 14.3 Å². The zero-order chi connectivity index (χ0) is 26.9. The van der Waals surface area contributed by atoms with Crippen molar-refractivity contribution in [3.05, 3.63) is 100 Å². The fourth-order valence-electron chi connectivity index (χ4n) is 3.93. The molecule has 0 fully saturated rings. The highest BCUT2D eigenvalue weighted by Gasteiger charge is 2.20. The molecule has 0 aliphatic heterocycles. The van der Waals surface area contributed by atoms with Gasteiger partial charge in [-0.15, -0.1) is 11.3 Å². The van der Waals surface area contributed by atoms with Crippen LogP contribution < -0.4 is 20.9 Å².